The molecule has 0 aromatic heterocycles. The van der Waals surface area contributed by atoms with Crippen molar-refractivity contribution in [3.8, 4) is 5.75 Å². The monoisotopic (exact) mass is 279 g/mol. The normalized spacial score (nSPS) is 9.47. The van der Waals surface area contributed by atoms with Gasteiger partial charge in [0.2, 0.25) is 0 Å². The second kappa shape index (κ2) is 6.66. The van der Waals surface area contributed by atoms with Gasteiger partial charge in [-0.25, -0.2) is 4.79 Å². The van der Waals surface area contributed by atoms with Gasteiger partial charge in [0.05, 0.1) is 5.56 Å². The Morgan fingerprint density at radius 1 is 1.05 bits per heavy atom. The number of rotatable bonds is 4. The van der Waals surface area contributed by atoms with Crippen LogP contribution in [0.2, 0.25) is 0 Å². The molecule has 100 valence electrons. The van der Waals surface area contributed by atoms with E-state index < -0.39 is 5.97 Å². The molecule has 2 aromatic rings. The van der Waals surface area contributed by atoms with Gasteiger partial charge in [0.15, 0.2) is 0 Å². The summed E-state index contributed by atoms with van der Waals surface area (Å²) in [5, 5.41) is 21.5. The summed E-state index contributed by atoms with van der Waals surface area (Å²) < 4.78 is 0. The molecular weight excluding hydrogens is 266 g/mol. The van der Waals surface area contributed by atoms with Crippen LogP contribution in [-0.4, -0.2) is 16.2 Å². The molecule has 0 aliphatic heterocycles. The van der Waals surface area contributed by atoms with Gasteiger partial charge >= 0.3 is 5.97 Å². The second-order valence-electron chi connectivity index (χ2n) is 3.86. The van der Waals surface area contributed by atoms with Gasteiger partial charge in [0.25, 0.3) is 0 Å². The van der Waals surface area contributed by atoms with Gasteiger partial charge in [-0.3, -0.25) is 0 Å². The van der Waals surface area contributed by atoms with Gasteiger partial charge in [0, 0.05) is 17.8 Å². The number of carboxylic acid groups (broad SMARTS) is 1. The third-order valence-electron chi connectivity index (χ3n) is 2.61. The van der Waals surface area contributed by atoms with Crippen molar-refractivity contribution in [2.75, 3.05) is 5.32 Å². The van der Waals surface area contributed by atoms with Crippen molar-refractivity contribution in [3.63, 3.8) is 0 Å². The molecule has 0 heterocycles. The number of phenolic OH excluding ortho intramolecular Hbond substituents is 1. The number of aromatic carboxylic acids is 1. The van der Waals surface area contributed by atoms with Crippen molar-refractivity contribution < 1.29 is 15.0 Å². The number of phenols is 1. The molecule has 0 aliphatic carbocycles. The molecule has 0 radical (unpaired) electrons. The SMILES string of the molecule is Cl.O=C(O)c1ccc(NCc2ccccc2O)cc1. The number of para-hydroxylation sites is 1. The quantitative estimate of drug-likeness (QED) is 0.804. The van der Waals surface area contributed by atoms with Crippen LogP contribution in [0.1, 0.15) is 15.9 Å². The largest absolute Gasteiger partial charge is 0.508 e. The Bertz CT molecular complexity index is 555. The zero-order valence-electron chi connectivity index (χ0n) is 10.0. The maximum atomic E-state index is 10.7. The Morgan fingerprint density at radius 2 is 1.68 bits per heavy atom. The summed E-state index contributed by atoms with van der Waals surface area (Å²) in [6.45, 7) is 0.485. The summed E-state index contributed by atoms with van der Waals surface area (Å²) in [5.41, 5.74) is 1.85. The number of carboxylic acids is 1. The van der Waals surface area contributed by atoms with Gasteiger partial charge in [-0.2, -0.15) is 0 Å². The van der Waals surface area contributed by atoms with Gasteiger partial charge in [-0.1, -0.05) is 18.2 Å². The Hall–Kier alpha value is -2.20. The summed E-state index contributed by atoms with van der Waals surface area (Å²) in [7, 11) is 0. The van der Waals surface area contributed by atoms with E-state index in [-0.39, 0.29) is 23.7 Å². The number of anilines is 1. The van der Waals surface area contributed by atoms with Crippen molar-refractivity contribution in [2.45, 2.75) is 6.54 Å². The number of hydrogen-bond donors (Lipinski definition) is 3. The van der Waals surface area contributed by atoms with Crippen LogP contribution in [-0.2, 0) is 6.54 Å². The summed E-state index contributed by atoms with van der Waals surface area (Å²) in [6.07, 6.45) is 0. The lowest BCUT2D eigenvalue weighted by molar-refractivity contribution is 0.0697. The highest BCUT2D eigenvalue weighted by Gasteiger charge is 2.02. The molecule has 4 nitrogen and oxygen atoms in total. The number of aromatic hydroxyl groups is 1. The fraction of sp³-hybridized carbons (Fsp3) is 0.0714. The number of carbonyl (C=O) groups is 1. The van der Waals surface area contributed by atoms with Crippen molar-refractivity contribution in [1.82, 2.24) is 0 Å². The van der Waals surface area contributed by atoms with Crippen LogP contribution in [0.4, 0.5) is 5.69 Å². The third-order valence-corrected chi connectivity index (χ3v) is 2.61. The van der Waals surface area contributed by atoms with E-state index in [2.05, 4.69) is 5.32 Å². The molecule has 0 saturated heterocycles. The molecule has 0 saturated carbocycles. The lowest BCUT2D eigenvalue weighted by atomic mass is 10.2. The first-order valence-corrected chi connectivity index (χ1v) is 5.51. The smallest absolute Gasteiger partial charge is 0.335 e. The molecule has 0 spiro atoms. The summed E-state index contributed by atoms with van der Waals surface area (Å²) in [4.78, 5) is 10.7. The first-order chi connectivity index (χ1) is 8.66. The lowest BCUT2D eigenvalue weighted by Gasteiger charge is -2.08. The Kier molecular flexibility index (Phi) is 5.21. The molecule has 2 rings (SSSR count). The number of hydrogen-bond acceptors (Lipinski definition) is 3. The third kappa shape index (κ3) is 3.89. The highest BCUT2D eigenvalue weighted by Crippen LogP contribution is 2.17. The van der Waals surface area contributed by atoms with Crippen molar-refractivity contribution in [1.29, 1.82) is 0 Å². The average molecular weight is 280 g/mol. The highest BCUT2D eigenvalue weighted by atomic mass is 35.5. The van der Waals surface area contributed by atoms with E-state index in [4.69, 9.17) is 5.11 Å². The minimum atomic E-state index is -0.942. The van der Waals surface area contributed by atoms with Crippen LogP contribution in [0.3, 0.4) is 0 Å². The summed E-state index contributed by atoms with van der Waals surface area (Å²) in [5.74, 6) is -0.700. The Balaban J connectivity index is 0.00000180. The Morgan fingerprint density at radius 3 is 2.26 bits per heavy atom. The number of nitrogens with one attached hydrogen (secondary N) is 1. The van der Waals surface area contributed by atoms with E-state index >= 15 is 0 Å². The standard InChI is InChI=1S/C14H13NO3.ClH/c16-13-4-2-1-3-11(13)9-15-12-7-5-10(6-8-12)14(17)18;/h1-8,15-16H,9H2,(H,17,18);1H. The van der Waals surface area contributed by atoms with Gasteiger partial charge in [-0.15, -0.1) is 12.4 Å². The zero-order chi connectivity index (χ0) is 13.0. The predicted molar refractivity (Wildman–Crippen MR) is 76.1 cm³/mol. The predicted octanol–water partition coefficient (Wildman–Crippen LogP) is 3.12. The maximum Gasteiger partial charge on any atom is 0.335 e. The summed E-state index contributed by atoms with van der Waals surface area (Å²) >= 11 is 0. The lowest BCUT2D eigenvalue weighted by Crippen LogP contribution is -2.01. The molecular formula is C14H14ClNO3. The molecule has 0 amide bonds. The molecule has 0 fully saturated rings. The fourth-order valence-corrected chi connectivity index (χ4v) is 1.59. The highest BCUT2D eigenvalue weighted by molar-refractivity contribution is 5.88. The van der Waals surface area contributed by atoms with Crippen LogP contribution in [0.25, 0.3) is 0 Å². The molecule has 0 atom stereocenters. The molecule has 19 heavy (non-hydrogen) atoms. The molecule has 0 bridgehead atoms. The number of halogens is 1. The first kappa shape index (κ1) is 14.9. The van der Waals surface area contributed by atoms with E-state index in [9.17, 15) is 9.90 Å². The van der Waals surface area contributed by atoms with E-state index in [1.165, 1.54) is 12.1 Å². The molecule has 2 aromatic carbocycles. The van der Waals surface area contributed by atoms with Crippen LogP contribution < -0.4 is 5.32 Å². The van der Waals surface area contributed by atoms with E-state index in [1.807, 2.05) is 12.1 Å². The zero-order valence-corrected chi connectivity index (χ0v) is 10.9. The van der Waals surface area contributed by atoms with Crippen molar-refractivity contribution in [2.24, 2.45) is 0 Å². The van der Waals surface area contributed by atoms with Crippen molar-refractivity contribution in [3.05, 3.63) is 59.7 Å². The Labute approximate surface area is 117 Å². The van der Waals surface area contributed by atoms with Gasteiger partial charge in [0.1, 0.15) is 5.75 Å². The number of benzene rings is 2. The van der Waals surface area contributed by atoms with Gasteiger partial charge < -0.3 is 15.5 Å². The minimum Gasteiger partial charge on any atom is -0.508 e. The van der Waals surface area contributed by atoms with Crippen LogP contribution in [0.15, 0.2) is 48.5 Å². The van der Waals surface area contributed by atoms with Crippen molar-refractivity contribution >= 4 is 24.1 Å². The summed E-state index contributed by atoms with van der Waals surface area (Å²) in [6, 6.07) is 13.5. The molecule has 5 heteroatoms. The van der Waals surface area contributed by atoms with E-state index in [0.29, 0.717) is 6.54 Å². The minimum absolute atomic E-state index is 0. The van der Waals surface area contributed by atoms with Crippen LogP contribution in [0.5, 0.6) is 5.75 Å². The van der Waals surface area contributed by atoms with E-state index in [1.54, 1.807) is 24.3 Å². The second-order valence-corrected chi connectivity index (χ2v) is 3.86. The van der Waals surface area contributed by atoms with Crippen LogP contribution >= 0.6 is 12.4 Å². The topological polar surface area (TPSA) is 69.6 Å². The maximum absolute atomic E-state index is 10.7. The van der Waals surface area contributed by atoms with E-state index in [0.717, 1.165) is 11.3 Å². The first-order valence-electron chi connectivity index (χ1n) is 5.51. The van der Waals surface area contributed by atoms with Gasteiger partial charge in [-0.05, 0) is 30.3 Å². The average Bonchev–Trinajstić information content (AvgIpc) is 2.38. The molecule has 0 unspecified atom stereocenters. The fourth-order valence-electron chi connectivity index (χ4n) is 1.59. The van der Waals surface area contributed by atoms with Crippen LogP contribution in [0, 0.1) is 0 Å². The molecule has 3 N–H and O–H groups in total. The molecule has 0 aliphatic rings.